The molecule has 0 atom stereocenters. The van der Waals surface area contributed by atoms with Crippen LogP contribution in [0.5, 0.6) is 0 Å². The predicted molar refractivity (Wildman–Crippen MR) is 48.3 cm³/mol. The predicted octanol–water partition coefficient (Wildman–Crippen LogP) is -0.580. The molecule has 0 fully saturated rings. The molecule has 74 valence electrons. The highest BCUT2D eigenvalue weighted by Gasteiger charge is 2.08. The van der Waals surface area contributed by atoms with Crippen LogP contribution in [0.2, 0.25) is 0 Å². The molecular weight excluding hydrogens is 204 g/mol. The fourth-order valence-corrected chi connectivity index (χ4v) is 1.38. The Hall–Kier alpha value is -1.52. The molecule has 0 amide bonds. The first-order valence-electron chi connectivity index (χ1n) is 3.73. The van der Waals surface area contributed by atoms with E-state index in [0.29, 0.717) is 5.69 Å². The van der Waals surface area contributed by atoms with E-state index in [4.69, 9.17) is 5.26 Å². The standard InChI is InChI=1S/C7H8N4O2S/c8-2-4-14(12,13)11-5-7-1-3-9-6-10-7/h1,3,6,11H,4-5H2. The van der Waals surface area contributed by atoms with Gasteiger partial charge < -0.3 is 0 Å². The Balaban J connectivity index is 2.55. The lowest BCUT2D eigenvalue weighted by Crippen LogP contribution is -2.25. The van der Waals surface area contributed by atoms with Crippen LogP contribution in [0.3, 0.4) is 0 Å². The number of hydrogen-bond acceptors (Lipinski definition) is 5. The number of nitrogens with zero attached hydrogens (tertiary/aromatic N) is 3. The van der Waals surface area contributed by atoms with Crippen molar-refractivity contribution < 1.29 is 8.42 Å². The Morgan fingerprint density at radius 1 is 1.57 bits per heavy atom. The van der Waals surface area contributed by atoms with Gasteiger partial charge in [-0.05, 0) is 6.07 Å². The summed E-state index contributed by atoms with van der Waals surface area (Å²) < 4.78 is 24.3. The molecule has 0 aliphatic rings. The first-order chi connectivity index (χ1) is 6.64. The average Bonchev–Trinajstić information content (AvgIpc) is 2.17. The Kier molecular flexibility index (Phi) is 3.50. The number of rotatable bonds is 4. The molecule has 0 aliphatic heterocycles. The van der Waals surface area contributed by atoms with Crippen molar-refractivity contribution in [2.75, 3.05) is 5.75 Å². The van der Waals surface area contributed by atoms with Crippen molar-refractivity contribution in [1.29, 1.82) is 5.26 Å². The van der Waals surface area contributed by atoms with Gasteiger partial charge in [-0.15, -0.1) is 0 Å². The average molecular weight is 212 g/mol. The topological polar surface area (TPSA) is 95.7 Å². The quantitative estimate of drug-likeness (QED) is 0.720. The van der Waals surface area contributed by atoms with Crippen LogP contribution in [-0.4, -0.2) is 24.1 Å². The van der Waals surface area contributed by atoms with E-state index in [1.165, 1.54) is 12.5 Å². The van der Waals surface area contributed by atoms with Crippen molar-refractivity contribution in [3.63, 3.8) is 0 Å². The van der Waals surface area contributed by atoms with Crippen LogP contribution in [0.4, 0.5) is 0 Å². The third kappa shape index (κ3) is 3.47. The Labute approximate surface area is 81.7 Å². The zero-order valence-electron chi connectivity index (χ0n) is 7.21. The number of sulfonamides is 1. The summed E-state index contributed by atoms with van der Waals surface area (Å²) in [6.45, 7) is 0.0759. The van der Waals surface area contributed by atoms with Gasteiger partial charge in [-0.2, -0.15) is 5.26 Å². The van der Waals surface area contributed by atoms with E-state index >= 15 is 0 Å². The van der Waals surface area contributed by atoms with E-state index in [9.17, 15) is 8.42 Å². The molecule has 14 heavy (non-hydrogen) atoms. The molecule has 1 N–H and O–H groups in total. The molecule has 1 aromatic rings. The minimum absolute atomic E-state index is 0.0759. The summed E-state index contributed by atoms with van der Waals surface area (Å²) in [5.41, 5.74) is 0.557. The first-order valence-corrected chi connectivity index (χ1v) is 5.38. The van der Waals surface area contributed by atoms with Crippen molar-refractivity contribution in [1.82, 2.24) is 14.7 Å². The van der Waals surface area contributed by atoms with Gasteiger partial charge in [0, 0.05) is 6.20 Å². The second-order valence-electron chi connectivity index (χ2n) is 2.44. The summed E-state index contributed by atoms with van der Waals surface area (Å²) in [5, 5.41) is 8.20. The first kappa shape index (κ1) is 10.6. The second kappa shape index (κ2) is 4.64. The maximum Gasteiger partial charge on any atom is 0.225 e. The number of hydrogen-bond donors (Lipinski definition) is 1. The van der Waals surface area contributed by atoms with E-state index in [0.717, 1.165) is 0 Å². The van der Waals surface area contributed by atoms with Crippen LogP contribution in [0.1, 0.15) is 5.69 Å². The van der Waals surface area contributed by atoms with Gasteiger partial charge in [0.15, 0.2) is 5.75 Å². The van der Waals surface area contributed by atoms with Crippen LogP contribution < -0.4 is 4.72 Å². The number of nitrogens with one attached hydrogen (secondary N) is 1. The summed E-state index contributed by atoms with van der Waals surface area (Å²) in [7, 11) is -3.50. The molecule has 0 saturated carbocycles. The lowest BCUT2D eigenvalue weighted by molar-refractivity contribution is 0.584. The molecule has 1 heterocycles. The van der Waals surface area contributed by atoms with Crippen molar-refractivity contribution >= 4 is 10.0 Å². The zero-order valence-corrected chi connectivity index (χ0v) is 8.03. The molecular formula is C7H8N4O2S. The van der Waals surface area contributed by atoms with Crippen LogP contribution in [-0.2, 0) is 16.6 Å². The number of nitriles is 1. The normalized spacial score (nSPS) is 10.8. The van der Waals surface area contributed by atoms with Gasteiger partial charge in [0.2, 0.25) is 10.0 Å². The van der Waals surface area contributed by atoms with Gasteiger partial charge in [0.1, 0.15) is 6.33 Å². The lowest BCUT2D eigenvalue weighted by atomic mass is 10.4. The highest BCUT2D eigenvalue weighted by Crippen LogP contribution is 1.92. The lowest BCUT2D eigenvalue weighted by Gasteiger charge is -2.01. The third-order valence-electron chi connectivity index (χ3n) is 1.37. The van der Waals surface area contributed by atoms with E-state index in [1.807, 2.05) is 0 Å². The number of aromatic nitrogens is 2. The van der Waals surface area contributed by atoms with Crippen molar-refractivity contribution in [3.05, 3.63) is 24.3 Å². The molecule has 7 heteroatoms. The van der Waals surface area contributed by atoms with Crippen molar-refractivity contribution in [2.45, 2.75) is 6.54 Å². The summed E-state index contributed by atoms with van der Waals surface area (Å²) >= 11 is 0. The summed E-state index contributed by atoms with van der Waals surface area (Å²) in [6.07, 6.45) is 2.84. The monoisotopic (exact) mass is 212 g/mol. The zero-order chi connectivity index (χ0) is 10.4. The fraction of sp³-hybridized carbons (Fsp3) is 0.286. The maximum absolute atomic E-state index is 11.0. The van der Waals surface area contributed by atoms with Gasteiger partial charge in [0.05, 0.1) is 18.3 Å². The summed E-state index contributed by atoms with van der Waals surface area (Å²) in [6, 6.07) is 3.15. The Morgan fingerprint density at radius 2 is 2.36 bits per heavy atom. The van der Waals surface area contributed by atoms with Gasteiger partial charge in [-0.1, -0.05) is 0 Å². The molecule has 0 aromatic carbocycles. The SMILES string of the molecule is N#CCS(=O)(=O)NCc1ccncn1. The molecule has 1 aromatic heterocycles. The van der Waals surface area contributed by atoms with Gasteiger partial charge in [-0.3, -0.25) is 0 Å². The molecule has 0 spiro atoms. The van der Waals surface area contributed by atoms with Crippen LogP contribution in [0, 0.1) is 11.3 Å². The van der Waals surface area contributed by atoms with Crippen LogP contribution in [0.25, 0.3) is 0 Å². The third-order valence-corrected chi connectivity index (χ3v) is 2.46. The van der Waals surface area contributed by atoms with Gasteiger partial charge in [-0.25, -0.2) is 23.1 Å². The van der Waals surface area contributed by atoms with Gasteiger partial charge in [0.25, 0.3) is 0 Å². The Morgan fingerprint density at radius 3 is 2.93 bits per heavy atom. The molecule has 0 aliphatic carbocycles. The highest BCUT2D eigenvalue weighted by atomic mass is 32.2. The molecule has 0 unspecified atom stereocenters. The molecule has 0 bridgehead atoms. The van der Waals surface area contributed by atoms with E-state index in [-0.39, 0.29) is 6.54 Å². The fourth-order valence-electron chi connectivity index (χ4n) is 0.743. The highest BCUT2D eigenvalue weighted by molar-refractivity contribution is 7.89. The smallest absolute Gasteiger partial charge is 0.225 e. The van der Waals surface area contributed by atoms with E-state index in [1.54, 1.807) is 12.1 Å². The van der Waals surface area contributed by atoms with Crippen molar-refractivity contribution in [2.24, 2.45) is 0 Å². The van der Waals surface area contributed by atoms with Crippen LogP contribution >= 0.6 is 0 Å². The molecule has 0 radical (unpaired) electrons. The largest absolute Gasteiger partial charge is 0.245 e. The minimum Gasteiger partial charge on any atom is -0.245 e. The minimum atomic E-state index is -3.50. The Bertz CT molecular complexity index is 423. The van der Waals surface area contributed by atoms with E-state index in [2.05, 4.69) is 14.7 Å². The summed E-state index contributed by atoms with van der Waals surface area (Å²) in [5.74, 6) is -0.544. The molecule has 6 nitrogen and oxygen atoms in total. The molecule has 0 saturated heterocycles. The summed E-state index contributed by atoms with van der Waals surface area (Å²) in [4.78, 5) is 7.51. The maximum atomic E-state index is 11.0. The van der Waals surface area contributed by atoms with Gasteiger partial charge >= 0.3 is 0 Å². The second-order valence-corrected chi connectivity index (χ2v) is 4.25. The van der Waals surface area contributed by atoms with E-state index < -0.39 is 15.8 Å². The van der Waals surface area contributed by atoms with Crippen molar-refractivity contribution in [3.8, 4) is 6.07 Å². The molecule has 1 rings (SSSR count). The van der Waals surface area contributed by atoms with Crippen LogP contribution in [0.15, 0.2) is 18.6 Å².